The minimum Gasteiger partial charge on any atom is -0.497 e. The third kappa shape index (κ3) is 5.33. The van der Waals surface area contributed by atoms with E-state index in [0.29, 0.717) is 46.9 Å². The van der Waals surface area contributed by atoms with E-state index in [9.17, 15) is 9.59 Å². The van der Waals surface area contributed by atoms with Crippen LogP contribution in [-0.4, -0.2) is 58.9 Å². The molecule has 1 heterocycles. The monoisotopic (exact) mass is 467 g/mol. The van der Waals surface area contributed by atoms with Crippen molar-refractivity contribution < 1.29 is 33.3 Å². The van der Waals surface area contributed by atoms with E-state index in [1.54, 1.807) is 56.8 Å². The molecule has 0 saturated carbocycles. The molecule has 1 aliphatic rings. The van der Waals surface area contributed by atoms with Gasteiger partial charge in [-0.2, -0.15) is 0 Å². The van der Waals surface area contributed by atoms with Crippen molar-refractivity contribution in [3.05, 3.63) is 77.1 Å². The van der Waals surface area contributed by atoms with Gasteiger partial charge in [0.05, 0.1) is 52.6 Å². The lowest BCUT2D eigenvalue weighted by Gasteiger charge is -2.30. The van der Waals surface area contributed by atoms with Gasteiger partial charge in [-0.05, 0) is 41.8 Å². The van der Waals surface area contributed by atoms with E-state index >= 15 is 0 Å². The fraction of sp³-hybridized carbons (Fsp3) is 0.308. The summed E-state index contributed by atoms with van der Waals surface area (Å²) in [5.74, 6) is 0.172. The van der Waals surface area contributed by atoms with Crippen LogP contribution in [0.15, 0.2) is 66.0 Å². The second kappa shape index (κ2) is 11.3. The van der Waals surface area contributed by atoms with Crippen LogP contribution >= 0.6 is 0 Å². The van der Waals surface area contributed by atoms with Gasteiger partial charge >= 0.3 is 11.9 Å². The number of hydrogen-bond donors (Lipinski definition) is 0. The van der Waals surface area contributed by atoms with Crippen LogP contribution in [0, 0.1) is 0 Å². The van der Waals surface area contributed by atoms with E-state index < -0.39 is 17.9 Å². The fourth-order valence-electron chi connectivity index (χ4n) is 3.89. The van der Waals surface area contributed by atoms with Crippen molar-refractivity contribution in [1.29, 1.82) is 0 Å². The number of carbonyl (C=O) groups is 2. The first-order valence-electron chi connectivity index (χ1n) is 10.7. The molecule has 0 spiro atoms. The number of nitrogens with zero attached hydrogens (tertiary/aromatic N) is 1. The molecule has 1 aliphatic heterocycles. The van der Waals surface area contributed by atoms with Crippen LogP contribution in [0.4, 0.5) is 0 Å². The molecular weight excluding hydrogens is 438 g/mol. The van der Waals surface area contributed by atoms with Gasteiger partial charge in [0, 0.05) is 18.9 Å². The van der Waals surface area contributed by atoms with Gasteiger partial charge in [-0.3, -0.25) is 0 Å². The highest BCUT2D eigenvalue weighted by Crippen LogP contribution is 2.38. The summed E-state index contributed by atoms with van der Waals surface area (Å²) >= 11 is 0. The Morgan fingerprint density at radius 3 is 2.00 bits per heavy atom. The standard InChI is InChI=1S/C26H29NO7/c1-30-19-8-6-7-18(14-19)24-20(25(28)33-4)15-27(16-21(24)26(29)34-5)12-11-17-9-10-22(31-2)23(13-17)32-3/h6-10,13-16,24H,11-12H2,1-5H3. The molecule has 0 radical (unpaired) electrons. The molecular formula is C26H29NO7. The normalized spacial score (nSPS) is 13.5. The zero-order chi connectivity index (χ0) is 24.7. The van der Waals surface area contributed by atoms with Gasteiger partial charge < -0.3 is 28.6 Å². The maximum absolute atomic E-state index is 12.8. The third-order valence-electron chi connectivity index (χ3n) is 5.61. The lowest BCUT2D eigenvalue weighted by Crippen LogP contribution is -2.29. The van der Waals surface area contributed by atoms with Crippen molar-refractivity contribution >= 4 is 11.9 Å². The Bertz CT molecular complexity index is 1070. The molecule has 0 N–H and O–H groups in total. The van der Waals surface area contributed by atoms with Gasteiger partial charge in [0.25, 0.3) is 0 Å². The molecule has 3 rings (SSSR count). The first-order chi connectivity index (χ1) is 16.4. The summed E-state index contributed by atoms with van der Waals surface area (Å²) in [6, 6.07) is 12.9. The van der Waals surface area contributed by atoms with Gasteiger partial charge in [0.2, 0.25) is 0 Å². The summed E-state index contributed by atoms with van der Waals surface area (Å²) in [6.07, 6.45) is 4.05. The molecule has 8 nitrogen and oxygen atoms in total. The van der Waals surface area contributed by atoms with E-state index in [1.807, 2.05) is 24.3 Å². The fourth-order valence-corrected chi connectivity index (χ4v) is 3.89. The van der Waals surface area contributed by atoms with Crippen LogP contribution in [0.25, 0.3) is 0 Å². The maximum atomic E-state index is 12.8. The zero-order valence-electron chi connectivity index (χ0n) is 20.0. The Kier molecular flexibility index (Phi) is 8.19. The zero-order valence-corrected chi connectivity index (χ0v) is 20.0. The van der Waals surface area contributed by atoms with E-state index in [2.05, 4.69) is 0 Å². The molecule has 180 valence electrons. The van der Waals surface area contributed by atoms with Crippen LogP contribution in [0.1, 0.15) is 17.0 Å². The maximum Gasteiger partial charge on any atom is 0.336 e. The Morgan fingerprint density at radius 1 is 0.794 bits per heavy atom. The van der Waals surface area contributed by atoms with Crippen molar-refractivity contribution in [1.82, 2.24) is 4.90 Å². The molecule has 34 heavy (non-hydrogen) atoms. The quantitative estimate of drug-likeness (QED) is 0.519. The summed E-state index contributed by atoms with van der Waals surface area (Å²) in [5.41, 5.74) is 2.37. The van der Waals surface area contributed by atoms with Gasteiger partial charge in [-0.25, -0.2) is 9.59 Å². The molecule has 0 aliphatic carbocycles. The predicted octanol–water partition coefficient (Wildman–Crippen LogP) is 3.47. The number of benzene rings is 2. The Morgan fingerprint density at radius 2 is 1.44 bits per heavy atom. The van der Waals surface area contributed by atoms with Crippen LogP contribution in [0.2, 0.25) is 0 Å². The Balaban J connectivity index is 1.96. The predicted molar refractivity (Wildman–Crippen MR) is 126 cm³/mol. The minimum atomic E-state index is -0.660. The third-order valence-corrected chi connectivity index (χ3v) is 5.61. The summed E-state index contributed by atoms with van der Waals surface area (Å²) in [6.45, 7) is 0.501. The van der Waals surface area contributed by atoms with Crippen molar-refractivity contribution in [2.24, 2.45) is 0 Å². The number of rotatable bonds is 9. The van der Waals surface area contributed by atoms with Gasteiger partial charge in [-0.15, -0.1) is 0 Å². The van der Waals surface area contributed by atoms with Crippen LogP contribution in [0.5, 0.6) is 17.2 Å². The van der Waals surface area contributed by atoms with Crippen LogP contribution in [0.3, 0.4) is 0 Å². The highest BCUT2D eigenvalue weighted by Gasteiger charge is 2.35. The lowest BCUT2D eigenvalue weighted by atomic mass is 9.83. The molecule has 8 heteroatoms. The Labute approximate surface area is 199 Å². The molecule has 0 amide bonds. The van der Waals surface area contributed by atoms with E-state index in [0.717, 1.165) is 5.56 Å². The summed E-state index contributed by atoms with van der Waals surface area (Å²) in [7, 11) is 7.36. The number of esters is 2. The summed E-state index contributed by atoms with van der Waals surface area (Å²) in [4.78, 5) is 27.4. The molecule has 2 aromatic carbocycles. The van der Waals surface area contributed by atoms with Crippen molar-refractivity contribution in [2.75, 3.05) is 42.1 Å². The molecule has 0 aromatic heterocycles. The van der Waals surface area contributed by atoms with Crippen LogP contribution in [-0.2, 0) is 25.5 Å². The van der Waals surface area contributed by atoms with Crippen molar-refractivity contribution in [3.8, 4) is 17.2 Å². The largest absolute Gasteiger partial charge is 0.497 e. The average Bonchev–Trinajstić information content (AvgIpc) is 2.90. The smallest absolute Gasteiger partial charge is 0.336 e. The lowest BCUT2D eigenvalue weighted by molar-refractivity contribution is -0.137. The van der Waals surface area contributed by atoms with Gasteiger partial charge in [-0.1, -0.05) is 18.2 Å². The summed E-state index contributed by atoms with van der Waals surface area (Å²) < 4.78 is 26.1. The average molecular weight is 468 g/mol. The highest BCUT2D eigenvalue weighted by molar-refractivity contribution is 5.98. The number of ether oxygens (including phenoxy) is 5. The first kappa shape index (κ1) is 24.7. The van der Waals surface area contributed by atoms with Crippen molar-refractivity contribution in [2.45, 2.75) is 12.3 Å². The first-order valence-corrected chi connectivity index (χ1v) is 10.7. The Hall–Kier alpha value is -3.94. The minimum absolute atomic E-state index is 0.325. The van der Waals surface area contributed by atoms with E-state index in [1.165, 1.54) is 14.2 Å². The van der Waals surface area contributed by atoms with Gasteiger partial charge in [0.15, 0.2) is 11.5 Å². The van der Waals surface area contributed by atoms with E-state index in [-0.39, 0.29) is 0 Å². The molecule has 0 unspecified atom stereocenters. The second-order valence-electron chi connectivity index (χ2n) is 7.54. The number of carbonyl (C=O) groups excluding carboxylic acids is 2. The van der Waals surface area contributed by atoms with Crippen LogP contribution < -0.4 is 14.2 Å². The second-order valence-corrected chi connectivity index (χ2v) is 7.54. The molecule has 0 atom stereocenters. The summed E-state index contributed by atoms with van der Waals surface area (Å²) in [5, 5.41) is 0. The number of methoxy groups -OCH3 is 5. The van der Waals surface area contributed by atoms with E-state index in [4.69, 9.17) is 23.7 Å². The number of hydrogen-bond acceptors (Lipinski definition) is 8. The molecule has 0 saturated heterocycles. The molecule has 0 bridgehead atoms. The SMILES string of the molecule is COC(=O)C1=CN(CCc2ccc(OC)c(OC)c2)C=C(C(=O)OC)C1c1cccc(OC)c1. The molecule has 0 fully saturated rings. The molecule has 2 aromatic rings. The van der Waals surface area contributed by atoms with Crippen molar-refractivity contribution in [3.63, 3.8) is 0 Å². The van der Waals surface area contributed by atoms with Gasteiger partial charge in [0.1, 0.15) is 5.75 Å². The topological polar surface area (TPSA) is 83.5 Å². The highest BCUT2D eigenvalue weighted by atomic mass is 16.5.